The first-order chi connectivity index (χ1) is 21.6. The van der Waals surface area contributed by atoms with Crippen molar-refractivity contribution in [3.05, 3.63) is 95.3 Å². The quantitative estimate of drug-likeness (QED) is 0.0587. The molecule has 7 rings (SSSR count). The predicted molar refractivity (Wildman–Crippen MR) is 167 cm³/mol. The van der Waals surface area contributed by atoms with Crippen LogP contribution >= 0.6 is 0 Å². The Labute approximate surface area is 254 Å². The fraction of sp³-hybridized carbons (Fsp3) is 0.0857. The van der Waals surface area contributed by atoms with Gasteiger partial charge in [-0.15, -0.1) is 0 Å². The van der Waals surface area contributed by atoms with E-state index in [2.05, 4.69) is 0 Å². The van der Waals surface area contributed by atoms with Gasteiger partial charge in [0.25, 0.3) is 0 Å². The van der Waals surface area contributed by atoms with Crippen molar-refractivity contribution < 1.29 is 50.3 Å². The fourth-order valence-corrected chi connectivity index (χ4v) is 6.19. The van der Waals surface area contributed by atoms with Crippen molar-refractivity contribution in [1.29, 1.82) is 0 Å². The molecule has 6 aromatic carbocycles. The van der Waals surface area contributed by atoms with Crippen LogP contribution in [-0.4, -0.2) is 54.6 Å². The molecule has 0 saturated heterocycles. The van der Waals surface area contributed by atoms with E-state index in [1.807, 2.05) is 48.5 Å². The molecule has 0 fully saturated rings. The zero-order chi connectivity index (χ0) is 31.7. The van der Waals surface area contributed by atoms with Crippen molar-refractivity contribution in [2.75, 3.05) is 13.7 Å². The highest BCUT2D eigenvalue weighted by Crippen LogP contribution is 2.56. The van der Waals surface area contributed by atoms with Crippen LogP contribution in [0.2, 0.25) is 0 Å². The fourth-order valence-electron chi connectivity index (χ4n) is 6.19. The summed E-state index contributed by atoms with van der Waals surface area (Å²) in [5.41, 5.74) is 2.34. The van der Waals surface area contributed by atoms with E-state index >= 15 is 0 Å². The monoisotopic (exact) mass is 606 g/mol. The molecule has 0 amide bonds. The first kappa shape index (κ1) is 27.7. The third-order valence-electron chi connectivity index (χ3n) is 8.35. The minimum atomic E-state index is -1.03. The number of aromatic hydroxyl groups is 5. The Morgan fingerprint density at radius 1 is 0.600 bits per heavy atom. The van der Waals surface area contributed by atoms with Crippen LogP contribution in [0.3, 0.4) is 0 Å². The largest absolute Gasteiger partial charge is 0.508 e. The highest BCUT2D eigenvalue weighted by molar-refractivity contribution is 6.28. The number of aliphatic hydroxyl groups excluding tert-OH is 3. The minimum absolute atomic E-state index is 0.0435. The molecule has 0 bridgehead atoms. The number of ether oxygens (including phenoxy) is 2. The van der Waals surface area contributed by atoms with Crippen molar-refractivity contribution in [2.45, 2.75) is 6.42 Å². The maximum absolute atomic E-state index is 10.8. The van der Waals surface area contributed by atoms with Gasteiger partial charge in [0.2, 0.25) is 28.8 Å². The molecule has 1 aliphatic rings. The maximum atomic E-state index is 10.8. The van der Waals surface area contributed by atoms with Gasteiger partial charge in [-0.25, -0.2) is 0 Å². The summed E-state index contributed by atoms with van der Waals surface area (Å²) < 4.78 is 10.9. The van der Waals surface area contributed by atoms with Gasteiger partial charge >= 0.3 is 0 Å². The predicted octanol–water partition coefficient (Wildman–Crippen LogP) is 7.12. The van der Waals surface area contributed by atoms with Crippen LogP contribution in [0, 0.1) is 0 Å². The first-order valence-electron chi connectivity index (χ1n) is 13.8. The number of phenols is 5. The Morgan fingerprint density at radius 3 is 1.78 bits per heavy atom. The maximum Gasteiger partial charge on any atom is 0.208 e. The number of hydrogen-bond donors (Lipinski definition) is 8. The second kappa shape index (κ2) is 9.95. The number of allylic oxidation sites excluding steroid dienone is 1. The topological polar surface area (TPSA) is 180 Å². The van der Waals surface area contributed by atoms with Crippen molar-refractivity contribution in [3.63, 3.8) is 0 Å². The summed E-state index contributed by atoms with van der Waals surface area (Å²) in [6, 6.07) is 20.5. The van der Waals surface area contributed by atoms with Crippen LogP contribution in [0.1, 0.15) is 5.56 Å². The van der Waals surface area contributed by atoms with Crippen LogP contribution < -0.4 is 4.74 Å². The van der Waals surface area contributed by atoms with E-state index in [4.69, 9.17) is 9.47 Å². The van der Waals surface area contributed by atoms with Crippen LogP contribution in [0.4, 0.5) is 0 Å². The summed E-state index contributed by atoms with van der Waals surface area (Å²) in [6.07, 6.45) is -0.0435. The molecule has 226 valence electrons. The van der Waals surface area contributed by atoms with Gasteiger partial charge < -0.3 is 50.3 Å². The van der Waals surface area contributed by atoms with Crippen LogP contribution in [0.15, 0.2) is 89.8 Å². The Balaban J connectivity index is 1.45. The number of phenolic OH excluding ortho intramolecular Hbond substituents is 5. The van der Waals surface area contributed by atoms with Gasteiger partial charge in [-0.2, -0.15) is 0 Å². The van der Waals surface area contributed by atoms with Gasteiger partial charge in [0.15, 0.2) is 17.3 Å². The Morgan fingerprint density at radius 2 is 1.16 bits per heavy atom. The molecule has 10 nitrogen and oxygen atoms in total. The lowest BCUT2D eigenvalue weighted by atomic mass is 9.86. The first-order valence-corrected chi connectivity index (χ1v) is 13.8. The molecule has 0 spiro atoms. The van der Waals surface area contributed by atoms with Gasteiger partial charge in [0.1, 0.15) is 18.1 Å². The van der Waals surface area contributed by atoms with Gasteiger partial charge in [0.05, 0.1) is 12.7 Å². The molecule has 1 heterocycles. The van der Waals surface area contributed by atoms with E-state index < -0.39 is 40.3 Å². The second-order valence-electron chi connectivity index (χ2n) is 10.8. The Hall–Kier alpha value is -6.16. The summed E-state index contributed by atoms with van der Waals surface area (Å²) in [5, 5.41) is 88.1. The standard InChI is InChI=1S/C35H26O10/c1-44-35-23(36)13-18-12-17(6-11-25(18)45-14-24(37)29(35)38)19-7-2-15-4-9-21-22(10-5-16-3-8-20(19)26(15)27(16)21)28-30(39)32(41)34(43)33(42)31(28)40/h2-12,36-43H,13-14H2,1H3. The molecule has 0 saturated carbocycles. The van der Waals surface area contributed by atoms with E-state index in [1.165, 1.54) is 7.11 Å². The SMILES string of the molecule is COC1=C(O)Cc2cc(-c3ccc4ccc5c(-c6c(O)c(O)c(O)c(O)c6O)ccc6ccc3c4c65)ccc2OCC(O)=C1O. The second-order valence-corrected chi connectivity index (χ2v) is 10.8. The summed E-state index contributed by atoms with van der Waals surface area (Å²) in [5.74, 6) is -5.70. The molecule has 0 aliphatic carbocycles. The number of methoxy groups -OCH3 is 1. The van der Waals surface area contributed by atoms with Crippen molar-refractivity contribution in [1.82, 2.24) is 0 Å². The van der Waals surface area contributed by atoms with Crippen molar-refractivity contribution in [2.24, 2.45) is 0 Å². The Bertz CT molecular complexity index is 2230. The third kappa shape index (κ3) is 4.03. The highest BCUT2D eigenvalue weighted by Gasteiger charge is 2.27. The molecule has 1 aliphatic heterocycles. The van der Waals surface area contributed by atoms with E-state index in [9.17, 15) is 40.9 Å². The summed E-state index contributed by atoms with van der Waals surface area (Å²) in [6.45, 7) is -0.332. The van der Waals surface area contributed by atoms with E-state index in [0.29, 0.717) is 22.3 Å². The highest BCUT2D eigenvalue weighted by atomic mass is 16.5. The zero-order valence-electron chi connectivity index (χ0n) is 23.7. The van der Waals surface area contributed by atoms with E-state index in [-0.39, 0.29) is 30.1 Å². The number of rotatable bonds is 3. The molecule has 45 heavy (non-hydrogen) atoms. The molecule has 6 aromatic rings. The third-order valence-corrected chi connectivity index (χ3v) is 8.35. The normalized spacial score (nSPS) is 14.0. The van der Waals surface area contributed by atoms with Crippen molar-refractivity contribution in [3.8, 4) is 56.8 Å². The average molecular weight is 607 g/mol. The van der Waals surface area contributed by atoms with Gasteiger partial charge in [0, 0.05) is 12.0 Å². The van der Waals surface area contributed by atoms with Crippen molar-refractivity contribution >= 4 is 32.3 Å². The van der Waals surface area contributed by atoms with E-state index in [0.717, 1.165) is 38.1 Å². The van der Waals surface area contributed by atoms with E-state index in [1.54, 1.807) is 18.2 Å². The molecule has 0 aromatic heterocycles. The summed E-state index contributed by atoms with van der Waals surface area (Å²) >= 11 is 0. The van der Waals surface area contributed by atoms with Gasteiger partial charge in [-0.1, -0.05) is 54.6 Å². The molecular formula is C35H26O10. The molecule has 8 N–H and O–H groups in total. The number of hydrogen-bond acceptors (Lipinski definition) is 10. The molecule has 0 unspecified atom stereocenters. The lowest BCUT2D eigenvalue weighted by Gasteiger charge is -2.19. The molecule has 10 heteroatoms. The average Bonchev–Trinajstić information content (AvgIpc) is 3.09. The lowest BCUT2D eigenvalue weighted by Crippen LogP contribution is -2.06. The molecule has 0 atom stereocenters. The number of benzene rings is 6. The van der Waals surface area contributed by atoms with Crippen LogP contribution in [0.5, 0.6) is 34.5 Å². The number of fused-ring (bicyclic) bond motifs is 1. The van der Waals surface area contributed by atoms with Crippen LogP contribution in [-0.2, 0) is 11.2 Å². The minimum Gasteiger partial charge on any atom is -0.508 e. The molecule has 0 radical (unpaired) electrons. The van der Waals surface area contributed by atoms with Crippen LogP contribution in [0.25, 0.3) is 54.6 Å². The lowest BCUT2D eigenvalue weighted by molar-refractivity contribution is 0.199. The summed E-state index contributed by atoms with van der Waals surface area (Å²) in [4.78, 5) is 0. The smallest absolute Gasteiger partial charge is 0.208 e. The molecular weight excluding hydrogens is 580 g/mol. The van der Waals surface area contributed by atoms with Gasteiger partial charge in [-0.05, 0) is 61.1 Å². The Kier molecular flexibility index (Phi) is 6.12. The zero-order valence-corrected chi connectivity index (χ0v) is 23.7. The number of aliphatic hydroxyl groups is 3. The summed E-state index contributed by atoms with van der Waals surface area (Å²) in [7, 11) is 1.27. The van der Waals surface area contributed by atoms with Gasteiger partial charge in [-0.3, -0.25) is 0 Å².